The van der Waals surface area contributed by atoms with Gasteiger partial charge in [-0.1, -0.05) is 20.3 Å². The molecule has 112 valence electrons. The number of rotatable bonds is 5. The summed E-state index contributed by atoms with van der Waals surface area (Å²) in [4.78, 5) is 0.566. The van der Waals surface area contributed by atoms with Gasteiger partial charge in [0, 0.05) is 22.3 Å². The first-order chi connectivity index (χ1) is 9.63. The van der Waals surface area contributed by atoms with E-state index in [1.54, 1.807) is 17.8 Å². The van der Waals surface area contributed by atoms with Gasteiger partial charge in [-0.25, -0.2) is 8.78 Å². The van der Waals surface area contributed by atoms with Crippen molar-refractivity contribution >= 4 is 11.8 Å². The van der Waals surface area contributed by atoms with Crippen LogP contribution in [0.3, 0.4) is 0 Å². The third-order valence-electron chi connectivity index (χ3n) is 4.12. The van der Waals surface area contributed by atoms with Crippen LogP contribution in [0.1, 0.15) is 39.5 Å². The third kappa shape index (κ3) is 3.95. The summed E-state index contributed by atoms with van der Waals surface area (Å²) in [5.74, 6) is -0.222. The van der Waals surface area contributed by atoms with Crippen LogP contribution >= 0.6 is 11.8 Å². The Bertz CT molecular complexity index is 438. The summed E-state index contributed by atoms with van der Waals surface area (Å²) in [5, 5.41) is 3.88. The summed E-state index contributed by atoms with van der Waals surface area (Å²) < 4.78 is 26.8. The van der Waals surface area contributed by atoms with Crippen molar-refractivity contribution < 1.29 is 8.78 Å². The average Bonchev–Trinajstić information content (AvgIpc) is 2.44. The number of thioether (sulfide) groups is 1. The summed E-state index contributed by atoms with van der Waals surface area (Å²) in [6, 6.07) is 4.31. The van der Waals surface area contributed by atoms with Crippen LogP contribution in [-0.2, 0) is 0 Å². The van der Waals surface area contributed by atoms with Crippen molar-refractivity contribution in [3.8, 4) is 0 Å². The zero-order chi connectivity index (χ0) is 14.5. The minimum atomic E-state index is -0.509. The molecule has 1 aromatic carbocycles. The molecule has 1 saturated carbocycles. The molecule has 0 aromatic heterocycles. The van der Waals surface area contributed by atoms with Gasteiger partial charge >= 0.3 is 0 Å². The van der Waals surface area contributed by atoms with Crippen molar-refractivity contribution in [2.75, 3.05) is 6.54 Å². The first kappa shape index (κ1) is 15.8. The molecule has 0 saturated heterocycles. The van der Waals surface area contributed by atoms with Gasteiger partial charge in [-0.15, -0.1) is 11.8 Å². The molecular formula is C16H23F2NS. The molecule has 1 aliphatic rings. The summed E-state index contributed by atoms with van der Waals surface area (Å²) in [6.45, 7) is 5.26. The maximum Gasteiger partial charge on any atom is 0.139 e. The fourth-order valence-electron chi connectivity index (χ4n) is 2.94. The highest BCUT2D eigenvalue weighted by atomic mass is 32.2. The molecule has 3 atom stereocenters. The van der Waals surface area contributed by atoms with Crippen LogP contribution in [0.25, 0.3) is 0 Å². The number of halogens is 2. The first-order valence-electron chi connectivity index (χ1n) is 7.49. The molecule has 4 heteroatoms. The topological polar surface area (TPSA) is 12.0 Å². The van der Waals surface area contributed by atoms with Gasteiger partial charge in [0.2, 0.25) is 0 Å². The second kappa shape index (κ2) is 7.41. The van der Waals surface area contributed by atoms with Crippen LogP contribution in [0.5, 0.6) is 0 Å². The molecule has 2 rings (SSSR count). The third-order valence-corrected chi connectivity index (χ3v) is 5.53. The first-order valence-corrected chi connectivity index (χ1v) is 8.37. The summed E-state index contributed by atoms with van der Waals surface area (Å²) in [7, 11) is 0. The minimum absolute atomic E-state index is 0.369. The molecule has 0 bridgehead atoms. The smallest absolute Gasteiger partial charge is 0.139 e. The van der Waals surface area contributed by atoms with Crippen LogP contribution in [-0.4, -0.2) is 17.8 Å². The van der Waals surface area contributed by atoms with Gasteiger partial charge in [0.05, 0.1) is 0 Å². The summed E-state index contributed by atoms with van der Waals surface area (Å²) >= 11 is 1.56. The van der Waals surface area contributed by atoms with Gasteiger partial charge in [0.25, 0.3) is 0 Å². The molecule has 1 N–H and O–H groups in total. The zero-order valence-electron chi connectivity index (χ0n) is 12.2. The van der Waals surface area contributed by atoms with Crippen LogP contribution in [0.2, 0.25) is 0 Å². The Kier molecular flexibility index (Phi) is 5.85. The number of benzene rings is 1. The van der Waals surface area contributed by atoms with Gasteiger partial charge < -0.3 is 5.32 Å². The highest BCUT2D eigenvalue weighted by Crippen LogP contribution is 2.38. The largest absolute Gasteiger partial charge is 0.313 e. The molecule has 1 aliphatic carbocycles. The second-order valence-corrected chi connectivity index (χ2v) is 6.76. The van der Waals surface area contributed by atoms with Gasteiger partial charge in [-0.3, -0.25) is 0 Å². The Balaban J connectivity index is 2.09. The second-order valence-electron chi connectivity index (χ2n) is 5.48. The molecule has 0 aliphatic heterocycles. The molecule has 0 spiro atoms. The standard InChI is InChI=1S/C16H23F2NS/c1-3-11-5-7-14(19-4-2)16(9-11)20-15-8-6-12(17)10-13(15)18/h6,8,10-11,14,16,19H,3-5,7,9H2,1-2H3. The van der Waals surface area contributed by atoms with E-state index in [1.807, 2.05) is 0 Å². The van der Waals surface area contributed by atoms with E-state index in [-0.39, 0.29) is 0 Å². The Morgan fingerprint density at radius 3 is 2.70 bits per heavy atom. The monoisotopic (exact) mass is 299 g/mol. The normalized spacial score (nSPS) is 26.7. The zero-order valence-corrected chi connectivity index (χ0v) is 13.0. The van der Waals surface area contributed by atoms with Gasteiger partial charge in [-0.05, 0) is 43.9 Å². The number of hydrogen-bond acceptors (Lipinski definition) is 2. The Labute approximate surface area is 124 Å². The maximum absolute atomic E-state index is 13.8. The molecule has 0 radical (unpaired) electrons. The highest BCUT2D eigenvalue weighted by Gasteiger charge is 2.30. The van der Waals surface area contributed by atoms with E-state index in [0.29, 0.717) is 16.2 Å². The fourth-order valence-corrected chi connectivity index (χ4v) is 4.35. The molecule has 20 heavy (non-hydrogen) atoms. The van der Waals surface area contributed by atoms with E-state index < -0.39 is 11.6 Å². The van der Waals surface area contributed by atoms with Crippen LogP contribution < -0.4 is 5.32 Å². The number of nitrogens with one attached hydrogen (secondary N) is 1. The van der Waals surface area contributed by atoms with Crippen molar-refractivity contribution in [1.82, 2.24) is 5.32 Å². The Morgan fingerprint density at radius 2 is 2.05 bits per heavy atom. The van der Waals surface area contributed by atoms with E-state index in [0.717, 1.165) is 31.4 Å². The molecule has 3 unspecified atom stereocenters. The molecular weight excluding hydrogens is 276 g/mol. The minimum Gasteiger partial charge on any atom is -0.313 e. The lowest BCUT2D eigenvalue weighted by Gasteiger charge is -2.36. The van der Waals surface area contributed by atoms with E-state index >= 15 is 0 Å². The molecule has 1 fully saturated rings. The lowest BCUT2D eigenvalue weighted by molar-refractivity contribution is 0.297. The number of hydrogen-bond donors (Lipinski definition) is 1. The maximum atomic E-state index is 13.8. The van der Waals surface area contributed by atoms with Gasteiger partial charge in [0.1, 0.15) is 11.6 Å². The van der Waals surface area contributed by atoms with E-state index in [2.05, 4.69) is 19.2 Å². The van der Waals surface area contributed by atoms with E-state index in [1.165, 1.54) is 18.9 Å². The van der Waals surface area contributed by atoms with Crippen LogP contribution in [0, 0.1) is 17.6 Å². The molecule has 0 amide bonds. The predicted octanol–water partition coefficient (Wildman–Crippen LogP) is 4.61. The average molecular weight is 299 g/mol. The lowest BCUT2D eigenvalue weighted by atomic mass is 9.84. The fraction of sp³-hybridized carbons (Fsp3) is 0.625. The van der Waals surface area contributed by atoms with E-state index in [9.17, 15) is 8.78 Å². The van der Waals surface area contributed by atoms with Gasteiger partial charge in [-0.2, -0.15) is 0 Å². The molecule has 0 heterocycles. The highest BCUT2D eigenvalue weighted by molar-refractivity contribution is 8.00. The lowest BCUT2D eigenvalue weighted by Crippen LogP contribution is -2.42. The van der Waals surface area contributed by atoms with E-state index in [4.69, 9.17) is 0 Å². The summed E-state index contributed by atoms with van der Waals surface area (Å²) in [6.07, 6.45) is 4.68. The van der Waals surface area contributed by atoms with Crippen molar-refractivity contribution in [3.63, 3.8) is 0 Å². The Morgan fingerprint density at radius 1 is 1.25 bits per heavy atom. The SMILES string of the molecule is CCNC1CCC(CC)CC1Sc1ccc(F)cc1F. The molecule has 1 nitrogen and oxygen atoms in total. The Hall–Kier alpha value is -0.610. The predicted molar refractivity (Wildman–Crippen MR) is 81.1 cm³/mol. The van der Waals surface area contributed by atoms with Gasteiger partial charge in [0.15, 0.2) is 0 Å². The van der Waals surface area contributed by atoms with Crippen molar-refractivity contribution in [1.29, 1.82) is 0 Å². The molecule has 1 aromatic rings. The van der Waals surface area contributed by atoms with Crippen LogP contribution in [0.4, 0.5) is 8.78 Å². The quantitative estimate of drug-likeness (QED) is 0.852. The van der Waals surface area contributed by atoms with Crippen LogP contribution in [0.15, 0.2) is 23.1 Å². The summed E-state index contributed by atoms with van der Waals surface area (Å²) in [5.41, 5.74) is 0. The van der Waals surface area contributed by atoms with Crippen molar-refractivity contribution in [3.05, 3.63) is 29.8 Å². The van der Waals surface area contributed by atoms with Crippen molar-refractivity contribution in [2.24, 2.45) is 5.92 Å². The van der Waals surface area contributed by atoms with Crippen molar-refractivity contribution in [2.45, 2.75) is 55.7 Å².